The first-order valence-electron chi connectivity index (χ1n) is 5.65. The molecule has 0 bridgehead atoms. The molecule has 0 saturated heterocycles. The minimum Gasteiger partial charge on any atom is -0.475 e. The fraction of sp³-hybridized carbons (Fsp3) is 0.583. The van der Waals surface area contributed by atoms with Gasteiger partial charge < -0.3 is 9.52 Å². The average Bonchev–Trinajstić information content (AvgIpc) is 2.60. The minimum absolute atomic E-state index is 0.0204. The van der Waals surface area contributed by atoms with Gasteiger partial charge in [-0.1, -0.05) is 6.42 Å². The molecule has 1 heterocycles. The summed E-state index contributed by atoms with van der Waals surface area (Å²) in [7, 11) is 2.04. The van der Waals surface area contributed by atoms with E-state index in [9.17, 15) is 4.79 Å². The first kappa shape index (κ1) is 11.2. The van der Waals surface area contributed by atoms with Crippen molar-refractivity contribution in [1.82, 2.24) is 4.90 Å². The van der Waals surface area contributed by atoms with E-state index in [0.29, 0.717) is 6.54 Å². The highest BCUT2D eigenvalue weighted by molar-refractivity contribution is 5.84. The zero-order chi connectivity index (χ0) is 11.5. The van der Waals surface area contributed by atoms with Crippen molar-refractivity contribution >= 4 is 5.97 Å². The molecule has 0 atom stereocenters. The van der Waals surface area contributed by atoms with Gasteiger partial charge in [-0.3, -0.25) is 4.90 Å². The van der Waals surface area contributed by atoms with Crippen molar-refractivity contribution in [3.05, 3.63) is 23.7 Å². The van der Waals surface area contributed by atoms with Gasteiger partial charge in [0.25, 0.3) is 0 Å². The second kappa shape index (κ2) is 4.70. The monoisotopic (exact) mass is 223 g/mol. The maximum absolute atomic E-state index is 10.6. The van der Waals surface area contributed by atoms with Crippen LogP contribution in [0.25, 0.3) is 0 Å². The lowest BCUT2D eigenvalue weighted by Gasteiger charge is -2.29. The Balaban J connectivity index is 1.84. The van der Waals surface area contributed by atoms with Gasteiger partial charge in [0.15, 0.2) is 0 Å². The molecule has 0 radical (unpaired) electrons. The fourth-order valence-electron chi connectivity index (χ4n) is 2.02. The van der Waals surface area contributed by atoms with Crippen LogP contribution in [0.15, 0.2) is 16.5 Å². The van der Waals surface area contributed by atoms with Gasteiger partial charge in [-0.2, -0.15) is 0 Å². The molecule has 0 unspecified atom stereocenters. The smallest absolute Gasteiger partial charge is 0.371 e. The molecule has 1 N–H and O–H groups in total. The number of nitrogens with zero attached hydrogens (tertiary/aromatic N) is 1. The average molecular weight is 223 g/mol. The predicted molar refractivity (Wildman–Crippen MR) is 59.3 cm³/mol. The SMILES string of the molecule is CN(Cc1ccc(C(=O)O)o1)CC1CCC1. The summed E-state index contributed by atoms with van der Waals surface area (Å²) in [5.74, 6) is 0.554. The summed E-state index contributed by atoms with van der Waals surface area (Å²) in [5, 5.41) is 8.72. The highest BCUT2D eigenvalue weighted by atomic mass is 16.4. The van der Waals surface area contributed by atoms with Crippen LogP contribution in [0.5, 0.6) is 0 Å². The Morgan fingerprint density at radius 1 is 1.56 bits per heavy atom. The van der Waals surface area contributed by atoms with E-state index < -0.39 is 5.97 Å². The third-order valence-electron chi connectivity index (χ3n) is 3.09. The Morgan fingerprint density at radius 3 is 2.81 bits per heavy atom. The molecule has 1 saturated carbocycles. The highest BCUT2D eigenvalue weighted by Gasteiger charge is 2.19. The van der Waals surface area contributed by atoms with E-state index in [1.165, 1.54) is 25.3 Å². The maximum Gasteiger partial charge on any atom is 0.371 e. The second-order valence-corrected chi connectivity index (χ2v) is 4.56. The third kappa shape index (κ3) is 2.64. The Morgan fingerprint density at radius 2 is 2.31 bits per heavy atom. The number of hydrogen-bond acceptors (Lipinski definition) is 3. The van der Waals surface area contributed by atoms with E-state index in [2.05, 4.69) is 4.90 Å². The molecule has 1 fully saturated rings. The Hall–Kier alpha value is -1.29. The molecule has 0 amide bonds. The van der Waals surface area contributed by atoms with Gasteiger partial charge in [-0.15, -0.1) is 0 Å². The van der Waals surface area contributed by atoms with E-state index in [0.717, 1.165) is 18.2 Å². The summed E-state index contributed by atoms with van der Waals surface area (Å²) in [6.07, 6.45) is 3.99. The van der Waals surface area contributed by atoms with Gasteiger partial charge in [0.2, 0.25) is 5.76 Å². The molecule has 4 heteroatoms. The minimum atomic E-state index is -1.01. The van der Waals surface area contributed by atoms with Crippen LogP contribution in [0, 0.1) is 5.92 Å². The molecule has 0 spiro atoms. The molecule has 16 heavy (non-hydrogen) atoms. The van der Waals surface area contributed by atoms with Crippen molar-refractivity contribution in [2.45, 2.75) is 25.8 Å². The topological polar surface area (TPSA) is 53.7 Å². The van der Waals surface area contributed by atoms with Crippen LogP contribution in [0.2, 0.25) is 0 Å². The highest BCUT2D eigenvalue weighted by Crippen LogP contribution is 2.27. The van der Waals surface area contributed by atoms with Crippen molar-refractivity contribution in [3.8, 4) is 0 Å². The number of carboxylic acids is 1. The van der Waals surface area contributed by atoms with Gasteiger partial charge in [0, 0.05) is 6.54 Å². The molecule has 1 aliphatic carbocycles. The van der Waals surface area contributed by atoms with E-state index in [4.69, 9.17) is 9.52 Å². The summed E-state index contributed by atoms with van der Waals surface area (Å²) in [6.45, 7) is 1.76. The van der Waals surface area contributed by atoms with Crippen molar-refractivity contribution < 1.29 is 14.3 Å². The van der Waals surface area contributed by atoms with Crippen LogP contribution < -0.4 is 0 Å². The summed E-state index contributed by atoms with van der Waals surface area (Å²) in [5.41, 5.74) is 0. The van der Waals surface area contributed by atoms with Crippen LogP contribution in [0.3, 0.4) is 0 Å². The summed E-state index contributed by atoms with van der Waals surface area (Å²) in [4.78, 5) is 12.8. The van der Waals surface area contributed by atoms with E-state index in [1.807, 2.05) is 7.05 Å². The zero-order valence-corrected chi connectivity index (χ0v) is 9.48. The third-order valence-corrected chi connectivity index (χ3v) is 3.09. The quantitative estimate of drug-likeness (QED) is 0.831. The van der Waals surface area contributed by atoms with Gasteiger partial charge >= 0.3 is 5.97 Å². The number of hydrogen-bond donors (Lipinski definition) is 1. The predicted octanol–water partition coefficient (Wildman–Crippen LogP) is 2.21. The number of aromatic carboxylic acids is 1. The second-order valence-electron chi connectivity index (χ2n) is 4.56. The molecule has 1 aliphatic rings. The lowest BCUT2D eigenvalue weighted by atomic mass is 9.85. The standard InChI is InChI=1S/C12H17NO3/c1-13(7-9-3-2-4-9)8-10-5-6-11(16-10)12(14)15/h5-6,9H,2-4,7-8H2,1H3,(H,14,15). The van der Waals surface area contributed by atoms with Gasteiger partial charge in [0.1, 0.15) is 5.76 Å². The molecule has 1 aromatic heterocycles. The Bertz CT molecular complexity index is 368. The molecule has 88 valence electrons. The van der Waals surface area contributed by atoms with Crippen LogP contribution in [-0.2, 0) is 6.54 Å². The molecule has 4 nitrogen and oxygen atoms in total. The van der Waals surface area contributed by atoms with E-state index in [1.54, 1.807) is 6.07 Å². The Labute approximate surface area is 94.9 Å². The molecule has 0 aromatic carbocycles. The van der Waals surface area contributed by atoms with Crippen LogP contribution in [-0.4, -0.2) is 29.6 Å². The molecule has 0 aliphatic heterocycles. The van der Waals surface area contributed by atoms with E-state index >= 15 is 0 Å². The van der Waals surface area contributed by atoms with Crippen molar-refractivity contribution in [3.63, 3.8) is 0 Å². The number of rotatable bonds is 5. The molecule has 1 aromatic rings. The molecular weight excluding hydrogens is 206 g/mol. The van der Waals surface area contributed by atoms with Crippen molar-refractivity contribution in [2.24, 2.45) is 5.92 Å². The lowest BCUT2D eigenvalue weighted by molar-refractivity contribution is 0.0658. The zero-order valence-electron chi connectivity index (χ0n) is 9.48. The van der Waals surface area contributed by atoms with Gasteiger partial charge in [-0.05, 0) is 37.9 Å². The molecule has 2 rings (SSSR count). The van der Waals surface area contributed by atoms with Gasteiger partial charge in [-0.25, -0.2) is 4.79 Å². The summed E-state index contributed by atoms with van der Waals surface area (Å²) < 4.78 is 5.21. The maximum atomic E-state index is 10.6. The first-order valence-corrected chi connectivity index (χ1v) is 5.65. The van der Waals surface area contributed by atoms with Crippen LogP contribution in [0.4, 0.5) is 0 Å². The fourth-order valence-corrected chi connectivity index (χ4v) is 2.02. The first-order chi connectivity index (χ1) is 7.65. The number of carbonyl (C=O) groups is 1. The number of carboxylic acid groups (broad SMARTS) is 1. The van der Waals surface area contributed by atoms with Crippen LogP contribution in [0.1, 0.15) is 35.6 Å². The normalized spacial score (nSPS) is 16.4. The Kier molecular flexibility index (Phi) is 3.29. The van der Waals surface area contributed by atoms with E-state index in [-0.39, 0.29) is 5.76 Å². The summed E-state index contributed by atoms with van der Waals surface area (Å²) >= 11 is 0. The van der Waals surface area contributed by atoms with Crippen LogP contribution >= 0.6 is 0 Å². The van der Waals surface area contributed by atoms with Crippen molar-refractivity contribution in [1.29, 1.82) is 0 Å². The van der Waals surface area contributed by atoms with Gasteiger partial charge in [0.05, 0.1) is 6.54 Å². The summed E-state index contributed by atoms with van der Waals surface area (Å²) in [6, 6.07) is 3.25. The van der Waals surface area contributed by atoms with Crippen molar-refractivity contribution in [2.75, 3.05) is 13.6 Å². The number of furan rings is 1. The molecular formula is C12H17NO3. The largest absolute Gasteiger partial charge is 0.475 e. The lowest BCUT2D eigenvalue weighted by Crippen LogP contribution is -2.28.